The average molecular weight is 354 g/mol. The molecule has 10 heteroatoms. The molecule has 0 aliphatic heterocycles. The summed E-state index contributed by atoms with van der Waals surface area (Å²) in [4.78, 5) is 44.8. The third-order valence-electron chi connectivity index (χ3n) is 2.01. The zero-order chi connectivity index (χ0) is 17.0. The molecule has 124 valence electrons. The summed E-state index contributed by atoms with van der Waals surface area (Å²) in [5.74, 6) is -3.22. The Kier molecular flexibility index (Phi) is 11.6. The van der Waals surface area contributed by atoms with Gasteiger partial charge in [-0.3, -0.25) is 0 Å². The van der Waals surface area contributed by atoms with Crippen molar-refractivity contribution >= 4 is 23.5 Å². The van der Waals surface area contributed by atoms with E-state index in [1.807, 2.05) is 0 Å². The molecule has 0 radical (unpaired) electrons. The molecule has 0 saturated heterocycles. The van der Waals surface area contributed by atoms with Crippen LogP contribution in [0.5, 0.6) is 0 Å². The van der Waals surface area contributed by atoms with Gasteiger partial charge in [0, 0.05) is 0 Å². The normalized spacial score (nSPS) is 9.91. The van der Waals surface area contributed by atoms with E-state index in [9.17, 15) is 22.5 Å². The van der Waals surface area contributed by atoms with Crippen molar-refractivity contribution in [3.05, 3.63) is 0 Å². The topological polar surface area (TPSA) is 122 Å². The maximum absolute atomic E-state index is 11.3. The molecule has 0 bridgehead atoms. The van der Waals surface area contributed by atoms with Gasteiger partial charge in [0.1, 0.15) is 0 Å². The molecule has 9 nitrogen and oxygen atoms in total. The van der Waals surface area contributed by atoms with Gasteiger partial charge < -0.3 is 0 Å². The number of Topliss-reactive ketones (excluding diaryl/α,β-unsaturated/α-hetero) is 2. The Hall–Kier alpha value is -1.29. The minimum atomic E-state index is -4.10. The number of carbonyl (C=O) groups is 4. The van der Waals surface area contributed by atoms with Crippen LogP contribution in [0.1, 0.15) is 26.7 Å². The van der Waals surface area contributed by atoms with Crippen LogP contribution in [0.4, 0.5) is 0 Å². The summed E-state index contributed by atoms with van der Waals surface area (Å²) in [7, 11) is 0. The fourth-order valence-corrected chi connectivity index (χ4v) is 2.01. The van der Waals surface area contributed by atoms with Crippen molar-refractivity contribution in [3.63, 3.8) is 0 Å². The first kappa shape index (κ1) is 20.7. The summed E-state index contributed by atoms with van der Waals surface area (Å²) < 4.78 is 29.6. The first-order valence-electron chi connectivity index (χ1n) is 6.53. The molecule has 0 aliphatic rings. The van der Waals surface area contributed by atoms with Crippen LogP contribution in [0, 0.1) is 0 Å². The first-order valence-corrected chi connectivity index (χ1v) is 8.44. The predicted octanol–water partition coefficient (Wildman–Crippen LogP) is -0.142. The van der Waals surface area contributed by atoms with Gasteiger partial charge in [0.05, 0.1) is 0 Å². The molecule has 0 heterocycles. The quantitative estimate of drug-likeness (QED) is 0.348. The Bertz CT molecular complexity index is 394. The molecule has 0 N–H and O–H groups in total. The first-order chi connectivity index (χ1) is 10.4. The molecule has 0 fully saturated rings. The van der Waals surface area contributed by atoms with Crippen molar-refractivity contribution in [1.29, 1.82) is 0 Å². The maximum atomic E-state index is 11.3. The molecule has 0 aromatic heterocycles. The number of hydrogen-bond donors (Lipinski definition) is 0. The van der Waals surface area contributed by atoms with E-state index < -0.39 is 55.0 Å². The van der Waals surface area contributed by atoms with Crippen LogP contribution in [0.25, 0.3) is 0 Å². The van der Waals surface area contributed by atoms with Crippen molar-refractivity contribution in [2.24, 2.45) is 0 Å². The average Bonchev–Trinajstić information content (AvgIpc) is 2.42. The van der Waals surface area contributed by atoms with Crippen molar-refractivity contribution in [1.82, 2.24) is 0 Å². The van der Waals surface area contributed by atoms with Crippen molar-refractivity contribution in [3.8, 4) is 0 Å². The minimum absolute atomic E-state index is 0.258. The zero-order valence-electron chi connectivity index (χ0n) is 12.4. The molecule has 0 aliphatic carbocycles. The Labute approximate surface area is 134 Å². The van der Waals surface area contributed by atoms with Gasteiger partial charge in [0.15, 0.2) is 0 Å². The molecule has 0 unspecified atom stereocenters. The Morgan fingerprint density at radius 1 is 0.773 bits per heavy atom. The van der Waals surface area contributed by atoms with E-state index in [1.165, 1.54) is 0 Å². The van der Waals surface area contributed by atoms with Crippen LogP contribution in [0.2, 0.25) is 0 Å². The van der Waals surface area contributed by atoms with Gasteiger partial charge in [-0.25, -0.2) is 0 Å². The van der Waals surface area contributed by atoms with E-state index in [2.05, 4.69) is 6.64 Å². The van der Waals surface area contributed by atoms with E-state index in [-0.39, 0.29) is 13.2 Å². The zero-order valence-corrected chi connectivity index (χ0v) is 14.0. The van der Waals surface area contributed by atoms with E-state index in [0.29, 0.717) is 13.2 Å². The molecule has 0 amide bonds. The van der Waals surface area contributed by atoms with Crippen LogP contribution in [-0.4, -0.2) is 49.9 Å². The van der Waals surface area contributed by atoms with Gasteiger partial charge in [-0.2, -0.15) is 0 Å². The van der Waals surface area contributed by atoms with Crippen molar-refractivity contribution in [2.75, 3.05) is 26.4 Å². The number of ketones is 2. The third-order valence-corrected chi connectivity index (χ3v) is 3.24. The second kappa shape index (κ2) is 12.3. The standard InChI is InChI=1S/2C6H10O4.O.Ti/c2*1-2-10-4-5(7)3-6(8)9;;/h2*2-4H2,1H3,(H,8,9);;/q;;;+2/p-2. The monoisotopic (exact) mass is 354 g/mol. The van der Waals surface area contributed by atoms with E-state index in [4.69, 9.17) is 9.47 Å². The summed E-state index contributed by atoms with van der Waals surface area (Å²) in [5.41, 5.74) is 0. The summed E-state index contributed by atoms with van der Waals surface area (Å²) in [6.07, 6.45) is -1.25. The van der Waals surface area contributed by atoms with Crippen LogP contribution >= 0.6 is 0 Å². The van der Waals surface area contributed by atoms with E-state index in [0.717, 1.165) is 0 Å². The number of rotatable bonds is 12. The van der Waals surface area contributed by atoms with Gasteiger partial charge in [0.2, 0.25) is 0 Å². The van der Waals surface area contributed by atoms with Crippen molar-refractivity contribution in [2.45, 2.75) is 26.7 Å². The molecule has 0 spiro atoms. The molecule has 22 heavy (non-hydrogen) atoms. The van der Waals surface area contributed by atoms with Crippen LogP contribution < -0.4 is 0 Å². The molecule has 0 rings (SSSR count). The predicted molar refractivity (Wildman–Crippen MR) is 65.1 cm³/mol. The van der Waals surface area contributed by atoms with E-state index in [1.54, 1.807) is 13.8 Å². The van der Waals surface area contributed by atoms with Crippen molar-refractivity contribution < 1.29 is 57.2 Å². The molecule has 0 atom stereocenters. The molecular weight excluding hydrogens is 336 g/mol. The summed E-state index contributed by atoms with van der Waals surface area (Å²) >= 11 is -4.10. The Balaban J connectivity index is 4.01. The second-order valence-electron chi connectivity index (χ2n) is 3.90. The van der Waals surface area contributed by atoms with Gasteiger partial charge >= 0.3 is 134 Å². The van der Waals surface area contributed by atoms with Gasteiger partial charge in [0.25, 0.3) is 0 Å². The number of hydrogen-bond acceptors (Lipinski definition) is 9. The van der Waals surface area contributed by atoms with E-state index >= 15 is 0 Å². The fourth-order valence-electron chi connectivity index (χ4n) is 1.13. The summed E-state index contributed by atoms with van der Waals surface area (Å²) in [6.45, 7) is 3.47. The summed E-state index contributed by atoms with van der Waals surface area (Å²) in [5, 5.41) is 0. The molecule has 0 aromatic rings. The van der Waals surface area contributed by atoms with Gasteiger partial charge in [-0.05, 0) is 0 Å². The van der Waals surface area contributed by atoms with Crippen LogP contribution in [0.15, 0.2) is 0 Å². The molecule has 0 saturated carbocycles. The number of carbonyl (C=O) groups excluding carboxylic acids is 4. The summed E-state index contributed by atoms with van der Waals surface area (Å²) in [6, 6.07) is 0. The second-order valence-corrected chi connectivity index (χ2v) is 5.32. The van der Waals surface area contributed by atoms with Gasteiger partial charge in [-0.1, -0.05) is 0 Å². The number of ether oxygens (including phenoxy) is 2. The Morgan fingerprint density at radius 2 is 1.14 bits per heavy atom. The Morgan fingerprint density at radius 3 is 1.45 bits per heavy atom. The van der Waals surface area contributed by atoms with Gasteiger partial charge in [-0.15, -0.1) is 0 Å². The fraction of sp³-hybridized carbons (Fsp3) is 0.667. The molecule has 0 aromatic carbocycles. The molecular formula is C12H18O9Ti. The van der Waals surface area contributed by atoms with Crippen LogP contribution in [0.3, 0.4) is 0 Å². The third kappa shape index (κ3) is 11.4. The SMILES string of the molecule is CCOCC(=O)CC(=O)[O][Ti](=[O])[O]C(=O)CC(=O)COCC. The van der Waals surface area contributed by atoms with Crippen LogP contribution in [-0.2, 0) is 57.2 Å².